The number of urea groups is 1. The molecule has 7 heteroatoms. The van der Waals surface area contributed by atoms with Crippen LogP contribution in [-0.2, 0) is 16.1 Å². The Morgan fingerprint density at radius 3 is 2.70 bits per heavy atom. The Balaban J connectivity index is 1.92. The van der Waals surface area contributed by atoms with Gasteiger partial charge in [0.05, 0.1) is 12.8 Å². The largest absolute Gasteiger partial charge is 0.508 e. The highest BCUT2D eigenvalue weighted by molar-refractivity contribution is 6.30. The van der Waals surface area contributed by atoms with E-state index in [2.05, 4.69) is 5.32 Å². The van der Waals surface area contributed by atoms with Crippen LogP contribution in [0.3, 0.4) is 0 Å². The van der Waals surface area contributed by atoms with Gasteiger partial charge in [0.15, 0.2) is 0 Å². The Kier molecular flexibility index (Phi) is 3.68. The summed E-state index contributed by atoms with van der Waals surface area (Å²) in [7, 11) is 0. The van der Waals surface area contributed by atoms with Crippen LogP contribution in [0.15, 0.2) is 52.7 Å². The zero-order valence-electron chi connectivity index (χ0n) is 11.9. The van der Waals surface area contributed by atoms with Crippen molar-refractivity contribution in [3.05, 3.63) is 59.6 Å². The molecule has 1 aromatic heterocycles. The van der Waals surface area contributed by atoms with Gasteiger partial charge < -0.3 is 9.52 Å². The molecule has 2 N–H and O–H groups in total. The number of carbonyl (C=O) groups excluding carboxylic acids is 3. The topological polar surface area (TPSA) is 99.9 Å². The van der Waals surface area contributed by atoms with E-state index in [-0.39, 0.29) is 17.9 Å². The first-order chi connectivity index (χ1) is 11.0. The molecule has 1 aliphatic heterocycles. The molecule has 0 bridgehead atoms. The van der Waals surface area contributed by atoms with E-state index in [0.717, 1.165) is 4.90 Å². The Bertz CT molecular complexity index is 808. The van der Waals surface area contributed by atoms with E-state index >= 15 is 0 Å². The number of carbonyl (C=O) groups is 3. The summed E-state index contributed by atoms with van der Waals surface area (Å²) in [5, 5.41) is 11.6. The number of phenols is 1. The molecule has 4 amide bonds. The molecule has 116 valence electrons. The minimum atomic E-state index is -0.801. The van der Waals surface area contributed by atoms with Crippen LogP contribution in [0.2, 0.25) is 0 Å². The maximum atomic E-state index is 12.4. The Hall–Kier alpha value is -3.35. The molecule has 3 rings (SSSR count). The molecule has 0 atom stereocenters. The van der Waals surface area contributed by atoms with E-state index in [1.54, 1.807) is 24.3 Å². The molecule has 23 heavy (non-hydrogen) atoms. The van der Waals surface area contributed by atoms with E-state index in [9.17, 15) is 19.5 Å². The predicted octanol–water partition coefficient (Wildman–Crippen LogP) is 1.65. The summed E-state index contributed by atoms with van der Waals surface area (Å²) < 4.78 is 5.12. The Morgan fingerprint density at radius 2 is 2.00 bits per heavy atom. The van der Waals surface area contributed by atoms with Crippen molar-refractivity contribution < 1.29 is 23.9 Å². The molecule has 0 unspecified atom stereocenters. The van der Waals surface area contributed by atoms with Gasteiger partial charge in [-0.2, -0.15) is 0 Å². The van der Waals surface area contributed by atoms with E-state index in [0.29, 0.717) is 11.3 Å². The van der Waals surface area contributed by atoms with Gasteiger partial charge in [0.1, 0.15) is 17.1 Å². The van der Waals surface area contributed by atoms with E-state index in [1.807, 2.05) is 0 Å². The summed E-state index contributed by atoms with van der Waals surface area (Å²) in [4.78, 5) is 37.1. The number of nitrogens with one attached hydrogen (secondary N) is 1. The summed E-state index contributed by atoms with van der Waals surface area (Å²) in [6.07, 6.45) is 2.75. The molecule has 7 nitrogen and oxygen atoms in total. The van der Waals surface area contributed by atoms with E-state index in [1.165, 1.54) is 24.5 Å². The summed E-state index contributed by atoms with van der Waals surface area (Å²) in [6.45, 7) is -0.0810. The maximum absolute atomic E-state index is 12.4. The fourth-order valence-corrected chi connectivity index (χ4v) is 2.18. The van der Waals surface area contributed by atoms with Gasteiger partial charge in [0.25, 0.3) is 11.8 Å². The van der Waals surface area contributed by atoms with Crippen molar-refractivity contribution in [1.82, 2.24) is 10.2 Å². The number of hydrogen-bond donors (Lipinski definition) is 2. The fourth-order valence-electron chi connectivity index (χ4n) is 2.18. The van der Waals surface area contributed by atoms with Crippen molar-refractivity contribution in [1.29, 1.82) is 0 Å². The number of rotatable bonds is 3. The average Bonchev–Trinajstić information content (AvgIpc) is 3.01. The van der Waals surface area contributed by atoms with Crippen molar-refractivity contribution >= 4 is 23.9 Å². The summed E-state index contributed by atoms with van der Waals surface area (Å²) in [6, 6.07) is 8.54. The maximum Gasteiger partial charge on any atom is 0.331 e. The normalized spacial score (nSPS) is 16.8. The lowest BCUT2D eigenvalue weighted by Gasteiger charge is -2.25. The molecule has 2 aromatic rings. The van der Waals surface area contributed by atoms with Gasteiger partial charge in [-0.3, -0.25) is 19.8 Å². The third kappa shape index (κ3) is 2.98. The van der Waals surface area contributed by atoms with Gasteiger partial charge in [-0.05, 0) is 35.9 Å². The number of imide groups is 2. The van der Waals surface area contributed by atoms with Gasteiger partial charge in [0.2, 0.25) is 0 Å². The molecule has 0 aliphatic carbocycles. The number of amides is 4. The van der Waals surface area contributed by atoms with Crippen LogP contribution in [-0.4, -0.2) is 27.9 Å². The molecule has 1 aromatic carbocycles. The van der Waals surface area contributed by atoms with E-state index < -0.39 is 17.8 Å². The smallest absolute Gasteiger partial charge is 0.331 e. The molecule has 1 aliphatic rings. The van der Waals surface area contributed by atoms with Crippen molar-refractivity contribution in [2.24, 2.45) is 0 Å². The quantitative estimate of drug-likeness (QED) is 0.663. The summed E-state index contributed by atoms with van der Waals surface area (Å²) >= 11 is 0. The molecular formula is C16H12N2O5. The first-order valence-corrected chi connectivity index (χ1v) is 6.75. The molecular weight excluding hydrogens is 300 g/mol. The molecule has 1 saturated heterocycles. The second-order valence-corrected chi connectivity index (χ2v) is 4.88. The van der Waals surface area contributed by atoms with Crippen LogP contribution in [0, 0.1) is 0 Å². The number of phenolic OH excluding ortho intramolecular Hbond substituents is 1. The van der Waals surface area contributed by atoms with Crippen molar-refractivity contribution in [2.75, 3.05) is 0 Å². The lowest BCUT2D eigenvalue weighted by Crippen LogP contribution is -2.53. The van der Waals surface area contributed by atoms with Gasteiger partial charge in [-0.1, -0.05) is 12.1 Å². The SMILES string of the molecule is O=C1NC(=O)N(Cc2ccco2)C(=O)/C1=C/c1cccc(O)c1. The van der Waals surface area contributed by atoms with E-state index in [4.69, 9.17) is 4.42 Å². The summed E-state index contributed by atoms with van der Waals surface area (Å²) in [5.41, 5.74) is 0.276. The zero-order valence-corrected chi connectivity index (χ0v) is 11.9. The highest BCUT2D eigenvalue weighted by Crippen LogP contribution is 2.19. The number of benzene rings is 1. The lowest BCUT2D eigenvalue weighted by atomic mass is 10.1. The van der Waals surface area contributed by atoms with Gasteiger partial charge in [-0.15, -0.1) is 0 Å². The van der Waals surface area contributed by atoms with Crippen molar-refractivity contribution in [3.8, 4) is 5.75 Å². The van der Waals surface area contributed by atoms with Crippen LogP contribution in [0.4, 0.5) is 4.79 Å². The molecule has 0 spiro atoms. The number of aromatic hydroxyl groups is 1. The van der Waals surface area contributed by atoms with Gasteiger partial charge in [0, 0.05) is 0 Å². The molecule has 1 fully saturated rings. The predicted molar refractivity (Wildman–Crippen MR) is 78.9 cm³/mol. The second-order valence-electron chi connectivity index (χ2n) is 4.88. The highest BCUT2D eigenvalue weighted by atomic mass is 16.3. The monoisotopic (exact) mass is 312 g/mol. The van der Waals surface area contributed by atoms with Crippen molar-refractivity contribution in [3.63, 3.8) is 0 Å². The number of furan rings is 1. The average molecular weight is 312 g/mol. The minimum Gasteiger partial charge on any atom is -0.508 e. The van der Waals surface area contributed by atoms with Crippen LogP contribution in [0.1, 0.15) is 11.3 Å². The summed E-state index contributed by atoms with van der Waals surface area (Å²) in [5.74, 6) is -1.08. The third-order valence-corrected chi connectivity index (χ3v) is 3.26. The minimum absolute atomic E-state index is 0.00605. The van der Waals surface area contributed by atoms with Crippen LogP contribution in [0.5, 0.6) is 5.75 Å². The van der Waals surface area contributed by atoms with Crippen LogP contribution >= 0.6 is 0 Å². The third-order valence-electron chi connectivity index (χ3n) is 3.26. The number of hydrogen-bond acceptors (Lipinski definition) is 5. The van der Waals surface area contributed by atoms with Crippen molar-refractivity contribution in [2.45, 2.75) is 6.54 Å². The first-order valence-electron chi connectivity index (χ1n) is 6.75. The molecule has 0 saturated carbocycles. The lowest BCUT2D eigenvalue weighted by molar-refractivity contribution is -0.130. The standard InChI is InChI=1S/C16H12N2O5/c19-11-4-1-3-10(7-11)8-13-14(20)17-16(22)18(15(13)21)9-12-5-2-6-23-12/h1-8,19H,9H2,(H,17,20,22)/b13-8+. The highest BCUT2D eigenvalue weighted by Gasteiger charge is 2.36. The Labute approximate surface area is 130 Å². The fraction of sp³-hybridized carbons (Fsp3) is 0.0625. The number of barbiturate groups is 1. The van der Waals surface area contributed by atoms with Gasteiger partial charge >= 0.3 is 6.03 Å². The molecule has 0 radical (unpaired) electrons. The van der Waals surface area contributed by atoms with Crippen LogP contribution in [0.25, 0.3) is 6.08 Å². The van der Waals surface area contributed by atoms with Gasteiger partial charge in [-0.25, -0.2) is 4.79 Å². The molecule has 2 heterocycles. The Morgan fingerprint density at radius 1 is 1.17 bits per heavy atom. The zero-order chi connectivity index (χ0) is 16.4. The first kappa shape index (κ1) is 14.6. The number of nitrogens with zero attached hydrogens (tertiary/aromatic N) is 1. The second kappa shape index (κ2) is 5.80. The van der Waals surface area contributed by atoms with Crippen LogP contribution < -0.4 is 5.32 Å².